The minimum Gasteiger partial charge on any atom is -0.497 e. The van der Waals surface area contributed by atoms with E-state index >= 15 is 0 Å². The highest BCUT2D eigenvalue weighted by atomic mass is 16.5. The summed E-state index contributed by atoms with van der Waals surface area (Å²) < 4.78 is 11.1. The Hall–Kier alpha value is -3.64. The van der Waals surface area contributed by atoms with Crippen LogP contribution in [0.25, 0.3) is 0 Å². The SMILES string of the molecule is CCCOC(=O)C1(c2ccc(OC)cc2)CCN(CCC2CN(CC)C(=O)C2(c2ccccc2)c2ccccc2)CC1. The number of likely N-dealkylation sites (tertiary alicyclic amines) is 2. The van der Waals surface area contributed by atoms with E-state index in [2.05, 4.69) is 36.1 Å². The molecule has 2 saturated heterocycles. The van der Waals surface area contributed by atoms with Crippen LogP contribution in [0.4, 0.5) is 0 Å². The maximum atomic E-state index is 14.2. The summed E-state index contributed by atoms with van der Waals surface area (Å²) in [5.74, 6) is 0.989. The summed E-state index contributed by atoms with van der Waals surface area (Å²) in [5.41, 5.74) is 1.77. The van der Waals surface area contributed by atoms with Crippen LogP contribution in [-0.2, 0) is 25.2 Å². The molecule has 0 N–H and O–H groups in total. The lowest BCUT2D eigenvalue weighted by Crippen LogP contribution is -2.49. The quantitative estimate of drug-likeness (QED) is 0.272. The molecule has 0 aliphatic carbocycles. The van der Waals surface area contributed by atoms with Gasteiger partial charge in [-0.05, 0) is 81.1 Å². The zero-order valence-corrected chi connectivity index (χ0v) is 25.3. The summed E-state index contributed by atoms with van der Waals surface area (Å²) in [4.78, 5) is 32.2. The Morgan fingerprint density at radius 2 is 1.45 bits per heavy atom. The van der Waals surface area contributed by atoms with Crippen LogP contribution < -0.4 is 4.74 Å². The summed E-state index contributed by atoms with van der Waals surface area (Å²) in [6.45, 7) is 8.45. The van der Waals surface area contributed by atoms with Crippen LogP contribution in [0.2, 0.25) is 0 Å². The number of esters is 1. The summed E-state index contributed by atoms with van der Waals surface area (Å²) in [5, 5.41) is 0. The Labute approximate surface area is 250 Å². The minimum absolute atomic E-state index is 0.124. The maximum Gasteiger partial charge on any atom is 0.316 e. The van der Waals surface area contributed by atoms with Crippen LogP contribution in [-0.4, -0.2) is 68.1 Å². The topological polar surface area (TPSA) is 59.1 Å². The number of piperidine rings is 1. The molecule has 222 valence electrons. The Balaban J connectivity index is 1.37. The third-order valence-corrected chi connectivity index (χ3v) is 9.49. The van der Waals surface area contributed by atoms with E-state index in [1.807, 2.05) is 72.5 Å². The molecule has 6 heteroatoms. The van der Waals surface area contributed by atoms with Crippen LogP contribution in [0.3, 0.4) is 0 Å². The van der Waals surface area contributed by atoms with Gasteiger partial charge in [-0.25, -0.2) is 0 Å². The number of rotatable bonds is 11. The van der Waals surface area contributed by atoms with Gasteiger partial charge in [-0.2, -0.15) is 0 Å². The third-order valence-electron chi connectivity index (χ3n) is 9.49. The number of amides is 1. The van der Waals surface area contributed by atoms with Crippen LogP contribution in [0, 0.1) is 5.92 Å². The van der Waals surface area contributed by atoms with Gasteiger partial charge < -0.3 is 19.3 Å². The van der Waals surface area contributed by atoms with Crippen molar-refractivity contribution in [3.8, 4) is 5.75 Å². The highest BCUT2D eigenvalue weighted by Gasteiger charge is 2.55. The van der Waals surface area contributed by atoms with Crippen molar-refractivity contribution < 1.29 is 19.1 Å². The second-order valence-corrected chi connectivity index (χ2v) is 11.7. The van der Waals surface area contributed by atoms with Gasteiger partial charge in [-0.3, -0.25) is 9.59 Å². The van der Waals surface area contributed by atoms with Crippen LogP contribution >= 0.6 is 0 Å². The molecular formula is C36H44N2O4. The van der Waals surface area contributed by atoms with Crippen molar-refractivity contribution in [3.63, 3.8) is 0 Å². The van der Waals surface area contributed by atoms with Crippen LogP contribution in [0.1, 0.15) is 56.2 Å². The highest BCUT2D eigenvalue weighted by Crippen LogP contribution is 2.47. The van der Waals surface area contributed by atoms with Crippen molar-refractivity contribution in [1.29, 1.82) is 0 Å². The van der Waals surface area contributed by atoms with Gasteiger partial charge in [0.2, 0.25) is 5.91 Å². The number of hydrogen-bond acceptors (Lipinski definition) is 5. The molecule has 0 radical (unpaired) electrons. The molecule has 0 bridgehead atoms. The predicted octanol–water partition coefficient (Wildman–Crippen LogP) is 5.84. The molecule has 0 spiro atoms. The van der Waals surface area contributed by atoms with E-state index in [1.54, 1.807) is 7.11 Å². The van der Waals surface area contributed by atoms with Crippen molar-refractivity contribution >= 4 is 11.9 Å². The zero-order valence-electron chi connectivity index (χ0n) is 25.3. The normalized spacial score (nSPS) is 19.9. The molecule has 0 aromatic heterocycles. The molecule has 2 fully saturated rings. The van der Waals surface area contributed by atoms with E-state index in [4.69, 9.17) is 9.47 Å². The van der Waals surface area contributed by atoms with Crippen molar-refractivity contribution in [2.24, 2.45) is 5.92 Å². The summed E-state index contributed by atoms with van der Waals surface area (Å²) in [7, 11) is 1.65. The van der Waals surface area contributed by atoms with Crippen LogP contribution in [0.15, 0.2) is 84.9 Å². The average molecular weight is 569 g/mol. The van der Waals surface area contributed by atoms with Crippen molar-refractivity contribution in [2.45, 2.75) is 50.4 Å². The van der Waals surface area contributed by atoms with Gasteiger partial charge in [-0.1, -0.05) is 79.7 Å². The molecule has 0 saturated carbocycles. The monoisotopic (exact) mass is 568 g/mol. The molecule has 2 aliphatic rings. The average Bonchev–Trinajstić information content (AvgIpc) is 3.35. The summed E-state index contributed by atoms with van der Waals surface area (Å²) in [6.07, 6.45) is 3.10. The molecule has 6 nitrogen and oxygen atoms in total. The number of nitrogens with zero attached hydrogens (tertiary/aromatic N) is 2. The minimum atomic E-state index is -0.703. The zero-order chi connectivity index (χ0) is 29.6. The second kappa shape index (κ2) is 13.1. The fourth-order valence-electron chi connectivity index (χ4n) is 7.13. The number of hydrogen-bond donors (Lipinski definition) is 0. The first-order chi connectivity index (χ1) is 20.5. The summed E-state index contributed by atoms with van der Waals surface area (Å²) in [6, 6.07) is 28.5. The van der Waals surface area contributed by atoms with Gasteiger partial charge in [0.05, 0.1) is 19.1 Å². The van der Waals surface area contributed by atoms with Gasteiger partial charge >= 0.3 is 5.97 Å². The number of likely N-dealkylation sites (N-methyl/N-ethyl adjacent to an activating group) is 1. The first-order valence-electron chi connectivity index (χ1n) is 15.4. The number of benzene rings is 3. The molecule has 3 aromatic rings. The lowest BCUT2D eigenvalue weighted by molar-refractivity contribution is -0.153. The fraction of sp³-hybridized carbons (Fsp3) is 0.444. The smallest absolute Gasteiger partial charge is 0.316 e. The largest absolute Gasteiger partial charge is 0.497 e. The van der Waals surface area contributed by atoms with Crippen LogP contribution in [0.5, 0.6) is 5.75 Å². The first kappa shape index (κ1) is 29.8. The number of ether oxygens (including phenoxy) is 2. The van der Waals surface area contributed by atoms with E-state index in [1.165, 1.54) is 0 Å². The van der Waals surface area contributed by atoms with E-state index in [9.17, 15) is 9.59 Å². The highest BCUT2D eigenvalue weighted by molar-refractivity contribution is 5.94. The number of methoxy groups -OCH3 is 1. The van der Waals surface area contributed by atoms with E-state index in [0.717, 1.165) is 61.5 Å². The maximum absolute atomic E-state index is 14.2. The lowest BCUT2D eigenvalue weighted by atomic mass is 9.66. The molecule has 1 amide bonds. The Bertz CT molecular complexity index is 1280. The third kappa shape index (κ3) is 5.45. The Morgan fingerprint density at radius 1 is 0.857 bits per heavy atom. The fourth-order valence-corrected chi connectivity index (χ4v) is 7.13. The van der Waals surface area contributed by atoms with Crippen molar-refractivity contribution in [2.75, 3.05) is 46.4 Å². The summed E-state index contributed by atoms with van der Waals surface area (Å²) >= 11 is 0. The molecule has 5 rings (SSSR count). The van der Waals surface area contributed by atoms with Crippen molar-refractivity contribution in [3.05, 3.63) is 102 Å². The standard InChI is InChI=1S/C36H44N2O4/c1-4-26-42-34(40)35(28-16-18-32(41-3)19-17-28)21-24-37(25-22-35)23-20-31-27-38(5-2)33(39)36(31,29-12-8-6-9-13-29)30-14-10-7-11-15-30/h6-19,31H,4-5,20-27H2,1-3H3. The molecule has 42 heavy (non-hydrogen) atoms. The van der Waals surface area contributed by atoms with E-state index in [0.29, 0.717) is 26.0 Å². The Morgan fingerprint density at radius 3 is 1.98 bits per heavy atom. The van der Waals surface area contributed by atoms with Gasteiger partial charge in [0.25, 0.3) is 0 Å². The molecule has 2 heterocycles. The number of carbonyl (C=O) groups excluding carboxylic acids is 2. The molecule has 1 unspecified atom stereocenters. The predicted molar refractivity (Wildman–Crippen MR) is 166 cm³/mol. The van der Waals surface area contributed by atoms with E-state index < -0.39 is 10.8 Å². The first-order valence-corrected chi connectivity index (χ1v) is 15.4. The molecule has 1 atom stereocenters. The second-order valence-electron chi connectivity index (χ2n) is 11.7. The molecule has 3 aromatic carbocycles. The molecular weight excluding hydrogens is 524 g/mol. The van der Waals surface area contributed by atoms with Gasteiger partial charge in [0.15, 0.2) is 0 Å². The van der Waals surface area contributed by atoms with E-state index in [-0.39, 0.29) is 17.8 Å². The van der Waals surface area contributed by atoms with Gasteiger partial charge in [0, 0.05) is 19.0 Å². The van der Waals surface area contributed by atoms with Crippen molar-refractivity contribution in [1.82, 2.24) is 9.80 Å². The van der Waals surface area contributed by atoms with Gasteiger partial charge in [0.1, 0.15) is 11.2 Å². The van der Waals surface area contributed by atoms with Gasteiger partial charge in [-0.15, -0.1) is 0 Å². The number of carbonyl (C=O) groups is 2. The lowest BCUT2D eigenvalue weighted by Gasteiger charge is -2.41. The Kier molecular flexibility index (Phi) is 9.32. The molecule has 2 aliphatic heterocycles.